The molecule has 0 N–H and O–H groups in total. The number of halogens is 1. The van der Waals surface area contributed by atoms with Crippen LogP contribution in [-0.2, 0) is 6.61 Å². The molecule has 3 aromatic carbocycles. The van der Waals surface area contributed by atoms with E-state index in [1.165, 1.54) is 0 Å². The number of allylic oxidation sites excluding steroid dienone is 1. The molecule has 0 aliphatic heterocycles. The molecule has 0 aromatic heterocycles. The Hall–Kier alpha value is -2.84. The van der Waals surface area contributed by atoms with Gasteiger partial charge in [0, 0.05) is 10.6 Å². The molecule has 26 heavy (non-hydrogen) atoms. The van der Waals surface area contributed by atoms with E-state index in [-0.39, 0.29) is 5.78 Å². The van der Waals surface area contributed by atoms with Crippen LogP contribution in [0, 0.1) is 6.92 Å². The van der Waals surface area contributed by atoms with Crippen molar-refractivity contribution in [3.63, 3.8) is 0 Å². The Bertz CT molecular complexity index is 892. The van der Waals surface area contributed by atoms with Gasteiger partial charge in [0.15, 0.2) is 5.78 Å². The lowest BCUT2D eigenvalue weighted by atomic mass is 10.1. The third-order valence-electron chi connectivity index (χ3n) is 3.96. The van der Waals surface area contributed by atoms with Crippen LogP contribution in [0.15, 0.2) is 78.9 Å². The smallest absolute Gasteiger partial charge is 0.185 e. The minimum Gasteiger partial charge on any atom is -0.489 e. The van der Waals surface area contributed by atoms with Crippen LogP contribution in [0.4, 0.5) is 0 Å². The largest absolute Gasteiger partial charge is 0.489 e. The van der Waals surface area contributed by atoms with Crippen LogP contribution < -0.4 is 4.74 Å². The normalized spacial score (nSPS) is 10.8. The molecular weight excluding hydrogens is 344 g/mol. The lowest BCUT2D eigenvalue weighted by Gasteiger charge is -2.06. The molecular formula is C23H19ClO2. The second-order valence-electron chi connectivity index (χ2n) is 6.05. The third-order valence-corrected chi connectivity index (χ3v) is 4.21. The molecule has 130 valence electrons. The summed E-state index contributed by atoms with van der Waals surface area (Å²) in [6, 6.07) is 22.8. The highest BCUT2D eigenvalue weighted by Crippen LogP contribution is 2.16. The monoisotopic (exact) mass is 362 g/mol. The zero-order valence-corrected chi connectivity index (χ0v) is 15.2. The molecule has 0 aliphatic rings. The molecule has 3 aromatic rings. The first-order valence-electron chi connectivity index (χ1n) is 8.36. The van der Waals surface area contributed by atoms with Crippen molar-refractivity contribution in [2.45, 2.75) is 13.5 Å². The van der Waals surface area contributed by atoms with Gasteiger partial charge in [-0.3, -0.25) is 4.79 Å². The number of carbonyl (C=O) groups excluding carboxylic acids is 1. The van der Waals surface area contributed by atoms with E-state index in [0.29, 0.717) is 17.2 Å². The highest BCUT2D eigenvalue weighted by Gasteiger charge is 2.01. The van der Waals surface area contributed by atoms with Gasteiger partial charge in [-0.1, -0.05) is 71.8 Å². The summed E-state index contributed by atoms with van der Waals surface area (Å²) >= 11 is 5.87. The molecule has 0 radical (unpaired) electrons. The van der Waals surface area contributed by atoms with E-state index in [0.717, 1.165) is 22.4 Å². The van der Waals surface area contributed by atoms with Gasteiger partial charge in [-0.05, 0) is 48.4 Å². The van der Waals surface area contributed by atoms with Gasteiger partial charge in [-0.15, -0.1) is 0 Å². The Morgan fingerprint density at radius 3 is 2.23 bits per heavy atom. The fourth-order valence-electron chi connectivity index (χ4n) is 2.41. The van der Waals surface area contributed by atoms with Crippen molar-refractivity contribution in [2.75, 3.05) is 0 Å². The van der Waals surface area contributed by atoms with Crippen molar-refractivity contribution in [3.05, 3.63) is 106 Å². The molecule has 0 saturated heterocycles. The molecule has 0 bridgehead atoms. The molecule has 3 rings (SSSR count). The van der Waals surface area contributed by atoms with Gasteiger partial charge < -0.3 is 4.74 Å². The van der Waals surface area contributed by atoms with Crippen LogP contribution in [0.3, 0.4) is 0 Å². The number of aryl methyl sites for hydroxylation is 1. The first-order valence-corrected chi connectivity index (χ1v) is 8.74. The van der Waals surface area contributed by atoms with E-state index in [9.17, 15) is 4.79 Å². The van der Waals surface area contributed by atoms with Crippen LogP contribution in [0.5, 0.6) is 5.75 Å². The molecule has 0 spiro atoms. The zero-order chi connectivity index (χ0) is 18.4. The topological polar surface area (TPSA) is 26.3 Å². The first kappa shape index (κ1) is 18.0. The van der Waals surface area contributed by atoms with E-state index < -0.39 is 0 Å². The summed E-state index contributed by atoms with van der Waals surface area (Å²) < 4.78 is 5.76. The fourth-order valence-corrected chi connectivity index (χ4v) is 2.53. The van der Waals surface area contributed by atoms with Crippen molar-refractivity contribution in [2.24, 2.45) is 0 Å². The van der Waals surface area contributed by atoms with E-state index in [1.54, 1.807) is 6.08 Å². The molecule has 0 amide bonds. The van der Waals surface area contributed by atoms with Gasteiger partial charge in [0.2, 0.25) is 0 Å². The van der Waals surface area contributed by atoms with Crippen molar-refractivity contribution in [1.82, 2.24) is 0 Å². The van der Waals surface area contributed by atoms with Crippen LogP contribution >= 0.6 is 11.6 Å². The van der Waals surface area contributed by atoms with E-state index in [1.807, 2.05) is 85.8 Å². The predicted octanol–water partition coefficient (Wildman–Crippen LogP) is 6.12. The SMILES string of the molecule is Cc1ccc(C(=O)/C=C/c2ccc(OCc3ccc(Cl)cc3)cc2)cc1. The minimum absolute atomic E-state index is 0.00642. The lowest BCUT2D eigenvalue weighted by molar-refractivity contribution is 0.104. The van der Waals surface area contributed by atoms with Gasteiger partial charge in [0.25, 0.3) is 0 Å². The lowest BCUT2D eigenvalue weighted by Crippen LogP contribution is -1.95. The van der Waals surface area contributed by atoms with Gasteiger partial charge in [-0.25, -0.2) is 0 Å². The number of ketones is 1. The Morgan fingerprint density at radius 1 is 0.923 bits per heavy atom. The van der Waals surface area contributed by atoms with E-state index in [2.05, 4.69) is 0 Å². The van der Waals surface area contributed by atoms with Gasteiger partial charge in [0.05, 0.1) is 0 Å². The quantitative estimate of drug-likeness (QED) is 0.390. The molecule has 0 atom stereocenters. The number of hydrogen-bond acceptors (Lipinski definition) is 2. The van der Waals surface area contributed by atoms with Crippen molar-refractivity contribution >= 4 is 23.5 Å². The Labute approximate surface area is 158 Å². The minimum atomic E-state index is -0.00642. The summed E-state index contributed by atoms with van der Waals surface area (Å²) in [6.45, 7) is 2.49. The average molecular weight is 363 g/mol. The maximum absolute atomic E-state index is 12.2. The second-order valence-corrected chi connectivity index (χ2v) is 6.48. The summed E-state index contributed by atoms with van der Waals surface area (Å²) in [5.41, 5.74) is 3.83. The Kier molecular flexibility index (Phi) is 5.88. The number of hydrogen-bond donors (Lipinski definition) is 0. The average Bonchev–Trinajstić information content (AvgIpc) is 2.67. The predicted molar refractivity (Wildman–Crippen MR) is 107 cm³/mol. The van der Waals surface area contributed by atoms with Crippen molar-refractivity contribution in [3.8, 4) is 5.75 Å². The molecule has 0 unspecified atom stereocenters. The second kappa shape index (κ2) is 8.50. The molecule has 3 heteroatoms. The zero-order valence-electron chi connectivity index (χ0n) is 14.5. The maximum atomic E-state index is 12.2. The highest BCUT2D eigenvalue weighted by atomic mass is 35.5. The summed E-state index contributed by atoms with van der Waals surface area (Å²) in [7, 11) is 0. The maximum Gasteiger partial charge on any atom is 0.185 e. The number of ether oxygens (including phenoxy) is 1. The van der Waals surface area contributed by atoms with Crippen molar-refractivity contribution < 1.29 is 9.53 Å². The Morgan fingerprint density at radius 2 is 1.58 bits per heavy atom. The summed E-state index contributed by atoms with van der Waals surface area (Å²) in [5.74, 6) is 0.773. The molecule has 0 fully saturated rings. The highest BCUT2D eigenvalue weighted by molar-refractivity contribution is 6.30. The van der Waals surface area contributed by atoms with E-state index >= 15 is 0 Å². The van der Waals surface area contributed by atoms with E-state index in [4.69, 9.17) is 16.3 Å². The van der Waals surface area contributed by atoms with Gasteiger partial charge in [-0.2, -0.15) is 0 Å². The van der Waals surface area contributed by atoms with Crippen LogP contribution in [0.25, 0.3) is 6.08 Å². The number of carbonyl (C=O) groups is 1. The number of rotatable bonds is 6. The van der Waals surface area contributed by atoms with Crippen LogP contribution in [-0.4, -0.2) is 5.78 Å². The van der Waals surface area contributed by atoms with Gasteiger partial charge >= 0.3 is 0 Å². The third kappa shape index (κ3) is 5.08. The molecule has 2 nitrogen and oxygen atoms in total. The Balaban J connectivity index is 1.57. The van der Waals surface area contributed by atoms with Gasteiger partial charge in [0.1, 0.15) is 12.4 Å². The van der Waals surface area contributed by atoms with Crippen LogP contribution in [0.1, 0.15) is 27.0 Å². The fraction of sp³-hybridized carbons (Fsp3) is 0.0870. The standard InChI is InChI=1S/C23H19ClO2/c1-17-2-9-20(10-3-17)23(25)15-8-18-6-13-22(14-7-18)26-16-19-4-11-21(24)12-5-19/h2-15H,16H2,1H3/b15-8+. The summed E-state index contributed by atoms with van der Waals surface area (Å²) in [4.78, 5) is 12.2. The van der Waals surface area contributed by atoms with Crippen molar-refractivity contribution in [1.29, 1.82) is 0 Å². The summed E-state index contributed by atoms with van der Waals surface area (Å²) in [6.07, 6.45) is 3.40. The molecule has 0 saturated carbocycles. The molecule has 0 heterocycles. The summed E-state index contributed by atoms with van der Waals surface area (Å²) in [5, 5.41) is 0.713. The number of benzene rings is 3. The first-order chi connectivity index (χ1) is 12.6. The molecule has 0 aliphatic carbocycles. The van der Waals surface area contributed by atoms with Crippen LogP contribution in [0.2, 0.25) is 5.02 Å².